The molecule has 1 aromatic heterocycles. The SMILES string of the molecule is Cc1cc(CC(OC(=O)N2CCC(N3CCc4ccccc4NC3=O)CC2)C(=O)N2CCN(C3CCN(C)CC3)CC2)cc2oc(=O)n(C)c12. The van der Waals surface area contributed by atoms with Gasteiger partial charge in [-0.3, -0.25) is 14.3 Å². The minimum Gasteiger partial charge on any atom is -0.436 e. The molecule has 0 bridgehead atoms. The number of aromatic nitrogens is 1. The molecule has 268 valence electrons. The molecule has 13 nitrogen and oxygen atoms in total. The standard InChI is InChI=1S/C37H49N7O6/c1-25-22-26(23-31-33(25)40(3)36(47)49-31)24-32(34(45)42-20-18-41(19-21-42)28-9-13-39(2)14-10-28)50-37(48)43-15-11-29(12-16-43)44-17-8-27-6-4-5-7-30(27)38-35(44)46/h4-7,22-23,28-29,32H,8-21,24H2,1-3H3,(H,38,46). The first-order valence-electron chi connectivity index (χ1n) is 18.1. The number of hydrogen-bond acceptors (Lipinski definition) is 8. The molecule has 50 heavy (non-hydrogen) atoms. The average Bonchev–Trinajstić information content (AvgIpc) is 3.30. The Hall–Kier alpha value is -4.36. The summed E-state index contributed by atoms with van der Waals surface area (Å²) in [5.74, 6) is -0.656. The molecule has 4 aliphatic rings. The van der Waals surface area contributed by atoms with Crippen molar-refractivity contribution >= 4 is 34.8 Å². The summed E-state index contributed by atoms with van der Waals surface area (Å²) in [7, 11) is 3.83. The van der Waals surface area contributed by atoms with Gasteiger partial charge in [-0.05, 0) is 88.0 Å². The van der Waals surface area contributed by atoms with Gasteiger partial charge in [-0.1, -0.05) is 24.3 Å². The summed E-state index contributed by atoms with van der Waals surface area (Å²) in [6.45, 7) is 8.30. The van der Waals surface area contributed by atoms with Crippen LogP contribution in [0.1, 0.15) is 42.4 Å². The van der Waals surface area contributed by atoms with E-state index in [4.69, 9.17) is 9.15 Å². The zero-order valence-electron chi connectivity index (χ0n) is 29.4. The van der Waals surface area contributed by atoms with Crippen LogP contribution in [0.2, 0.25) is 0 Å². The van der Waals surface area contributed by atoms with Gasteiger partial charge in [0.2, 0.25) is 0 Å². The molecule has 0 spiro atoms. The second kappa shape index (κ2) is 14.5. The van der Waals surface area contributed by atoms with Crippen LogP contribution in [0.5, 0.6) is 0 Å². The molecule has 3 saturated heterocycles. The number of amides is 4. The first kappa shape index (κ1) is 34.1. The van der Waals surface area contributed by atoms with Gasteiger partial charge in [0.1, 0.15) is 0 Å². The maximum Gasteiger partial charge on any atom is 0.419 e. The number of aryl methyl sites for hydroxylation is 2. The van der Waals surface area contributed by atoms with Crippen LogP contribution >= 0.6 is 0 Å². The van der Waals surface area contributed by atoms with E-state index in [0.717, 1.165) is 67.8 Å². The van der Waals surface area contributed by atoms with Crippen LogP contribution in [0, 0.1) is 6.92 Å². The number of fused-ring (bicyclic) bond motifs is 2. The molecule has 1 atom stereocenters. The second-order valence-corrected chi connectivity index (χ2v) is 14.4. The number of hydrogen-bond donors (Lipinski definition) is 1. The number of piperidine rings is 2. The van der Waals surface area contributed by atoms with Gasteiger partial charge in [-0.2, -0.15) is 0 Å². The van der Waals surface area contributed by atoms with Crippen LogP contribution in [0.3, 0.4) is 0 Å². The third-order valence-corrected chi connectivity index (χ3v) is 11.2. The normalized spacial score (nSPS) is 20.8. The Morgan fingerprint density at radius 1 is 0.880 bits per heavy atom. The monoisotopic (exact) mass is 687 g/mol. The second-order valence-electron chi connectivity index (χ2n) is 14.4. The minimum absolute atomic E-state index is 0.00174. The number of anilines is 1. The summed E-state index contributed by atoms with van der Waals surface area (Å²) in [5.41, 5.74) is 4.72. The van der Waals surface area contributed by atoms with Crippen molar-refractivity contribution in [3.63, 3.8) is 0 Å². The smallest absolute Gasteiger partial charge is 0.419 e. The third-order valence-electron chi connectivity index (χ3n) is 11.2. The molecule has 7 rings (SSSR count). The molecule has 3 fully saturated rings. The lowest BCUT2D eigenvalue weighted by atomic mass is 10.0. The predicted octanol–water partition coefficient (Wildman–Crippen LogP) is 3.28. The van der Waals surface area contributed by atoms with Gasteiger partial charge < -0.3 is 34.1 Å². The molecule has 0 saturated carbocycles. The Bertz CT molecular complexity index is 1780. The Labute approximate surface area is 292 Å². The lowest BCUT2D eigenvalue weighted by molar-refractivity contribution is -0.143. The highest BCUT2D eigenvalue weighted by atomic mass is 16.6. The molecule has 1 unspecified atom stereocenters. The van der Waals surface area contributed by atoms with Crippen LogP contribution in [-0.4, -0.2) is 131 Å². The van der Waals surface area contributed by atoms with E-state index in [-0.39, 0.29) is 24.4 Å². The molecule has 0 aliphatic carbocycles. The minimum atomic E-state index is -1.03. The molecule has 0 radical (unpaired) electrons. The van der Waals surface area contributed by atoms with Gasteiger partial charge >= 0.3 is 17.9 Å². The zero-order valence-corrected chi connectivity index (χ0v) is 29.4. The first-order valence-corrected chi connectivity index (χ1v) is 18.1. The predicted molar refractivity (Wildman–Crippen MR) is 189 cm³/mol. The van der Waals surface area contributed by atoms with Crippen molar-refractivity contribution in [1.82, 2.24) is 29.1 Å². The average molecular weight is 688 g/mol. The largest absolute Gasteiger partial charge is 0.436 e. The van der Waals surface area contributed by atoms with E-state index in [1.54, 1.807) is 18.0 Å². The number of likely N-dealkylation sites (tertiary alicyclic amines) is 2. The topological polar surface area (TPSA) is 124 Å². The van der Waals surface area contributed by atoms with Gasteiger partial charge in [0.05, 0.1) is 5.52 Å². The zero-order chi connectivity index (χ0) is 34.9. The quantitative estimate of drug-likeness (QED) is 0.419. The van der Waals surface area contributed by atoms with Crippen LogP contribution < -0.4 is 11.1 Å². The van der Waals surface area contributed by atoms with Gasteiger partial charge in [-0.15, -0.1) is 0 Å². The van der Waals surface area contributed by atoms with Crippen LogP contribution in [0.4, 0.5) is 15.3 Å². The number of carbonyl (C=O) groups is 3. The van der Waals surface area contributed by atoms with Gasteiger partial charge in [0.15, 0.2) is 11.7 Å². The van der Waals surface area contributed by atoms with E-state index in [9.17, 15) is 19.2 Å². The fraction of sp³-hybridized carbons (Fsp3) is 0.568. The first-order chi connectivity index (χ1) is 24.1. The maximum absolute atomic E-state index is 14.2. The summed E-state index contributed by atoms with van der Waals surface area (Å²) in [6.07, 6.45) is 2.90. The molecule has 1 N–H and O–H groups in total. The number of piperazine rings is 1. The molecule has 2 aromatic carbocycles. The summed E-state index contributed by atoms with van der Waals surface area (Å²) in [6, 6.07) is 12.0. The number of carbonyl (C=O) groups excluding carboxylic acids is 3. The molecule has 4 aliphatic heterocycles. The molecule has 13 heteroatoms. The van der Waals surface area contributed by atoms with E-state index < -0.39 is 18.0 Å². The van der Waals surface area contributed by atoms with Crippen molar-refractivity contribution in [3.8, 4) is 0 Å². The maximum atomic E-state index is 14.2. The van der Waals surface area contributed by atoms with Gasteiger partial charge in [0.25, 0.3) is 5.91 Å². The van der Waals surface area contributed by atoms with Crippen LogP contribution in [-0.2, 0) is 29.4 Å². The van der Waals surface area contributed by atoms with Crippen molar-refractivity contribution in [2.75, 3.05) is 71.3 Å². The van der Waals surface area contributed by atoms with Gasteiger partial charge in [0, 0.05) is 77.1 Å². The molecular weight excluding hydrogens is 638 g/mol. The van der Waals surface area contributed by atoms with Crippen molar-refractivity contribution in [2.45, 2.75) is 63.6 Å². The lowest BCUT2D eigenvalue weighted by Gasteiger charge is -2.42. The highest BCUT2D eigenvalue weighted by molar-refractivity contribution is 5.91. The van der Waals surface area contributed by atoms with E-state index in [1.165, 1.54) is 4.57 Å². The van der Waals surface area contributed by atoms with Crippen molar-refractivity contribution < 1.29 is 23.5 Å². The van der Waals surface area contributed by atoms with Crippen LogP contribution in [0.15, 0.2) is 45.6 Å². The summed E-state index contributed by atoms with van der Waals surface area (Å²) in [5, 5.41) is 3.05. The van der Waals surface area contributed by atoms with Crippen molar-refractivity contribution in [2.24, 2.45) is 7.05 Å². The van der Waals surface area contributed by atoms with Crippen LogP contribution in [0.25, 0.3) is 11.1 Å². The Balaban J connectivity index is 1.02. The number of benzene rings is 2. The summed E-state index contributed by atoms with van der Waals surface area (Å²) >= 11 is 0. The summed E-state index contributed by atoms with van der Waals surface area (Å²) < 4.78 is 13.0. The van der Waals surface area contributed by atoms with Crippen molar-refractivity contribution in [3.05, 3.63) is 63.6 Å². The van der Waals surface area contributed by atoms with E-state index in [2.05, 4.69) is 22.2 Å². The molecule has 4 amide bonds. The fourth-order valence-electron chi connectivity index (χ4n) is 8.26. The van der Waals surface area contributed by atoms with E-state index >= 15 is 0 Å². The Kier molecular flexibility index (Phi) is 9.87. The Morgan fingerprint density at radius 2 is 1.58 bits per heavy atom. The number of nitrogens with zero attached hydrogens (tertiary/aromatic N) is 6. The fourth-order valence-corrected chi connectivity index (χ4v) is 8.26. The number of oxazole rings is 1. The summed E-state index contributed by atoms with van der Waals surface area (Å²) in [4.78, 5) is 63.5. The Morgan fingerprint density at radius 3 is 2.32 bits per heavy atom. The van der Waals surface area contributed by atoms with E-state index in [1.807, 2.05) is 47.1 Å². The number of rotatable bonds is 6. The van der Waals surface area contributed by atoms with Crippen molar-refractivity contribution in [1.29, 1.82) is 0 Å². The highest BCUT2D eigenvalue weighted by Gasteiger charge is 2.36. The molecule has 5 heterocycles. The number of ether oxygens (including phenoxy) is 1. The van der Waals surface area contributed by atoms with Gasteiger partial charge in [-0.25, -0.2) is 14.4 Å². The number of urea groups is 1. The number of nitrogens with one attached hydrogen (secondary N) is 1. The van der Waals surface area contributed by atoms with E-state index in [0.29, 0.717) is 62.7 Å². The lowest BCUT2D eigenvalue weighted by Crippen LogP contribution is -2.56. The molecular formula is C37H49N7O6. The molecule has 3 aromatic rings. The third kappa shape index (κ3) is 7.11. The highest BCUT2D eigenvalue weighted by Crippen LogP contribution is 2.26. The number of para-hydroxylation sites is 1.